The predicted octanol–water partition coefficient (Wildman–Crippen LogP) is 3.27. The largest absolute Gasteiger partial charge is 0.226 e. The molecule has 1 N–H and O–H groups in total. The molecule has 0 bridgehead atoms. The van der Waals surface area contributed by atoms with E-state index in [1.54, 1.807) is 0 Å². The van der Waals surface area contributed by atoms with E-state index in [1.807, 2.05) is 6.07 Å². The van der Waals surface area contributed by atoms with Gasteiger partial charge in [0.1, 0.15) is 0 Å². The molecule has 0 spiro atoms. The number of hydrogen-bond acceptors (Lipinski definition) is 1. The highest BCUT2D eigenvalue weighted by Gasteiger charge is 2.27. The van der Waals surface area contributed by atoms with Crippen molar-refractivity contribution >= 4 is 11.8 Å². The van der Waals surface area contributed by atoms with Gasteiger partial charge in [-0.2, -0.15) is 0 Å². The van der Waals surface area contributed by atoms with Crippen molar-refractivity contribution in [1.29, 1.82) is 0 Å². The quantitative estimate of drug-likeness (QED) is 0.731. The maximum absolute atomic E-state index is 5.76. The first-order valence-corrected chi connectivity index (χ1v) is 5.20. The van der Waals surface area contributed by atoms with Crippen LogP contribution >= 0.6 is 11.8 Å². The lowest BCUT2D eigenvalue weighted by Gasteiger charge is -2.32. The third kappa shape index (κ3) is 1.87. The van der Waals surface area contributed by atoms with E-state index in [9.17, 15) is 0 Å². The fraction of sp³-hybridized carbons (Fsp3) is 0.455. The van der Waals surface area contributed by atoms with Crippen molar-refractivity contribution in [2.45, 2.75) is 25.3 Å². The summed E-state index contributed by atoms with van der Waals surface area (Å²) in [5.41, 5.74) is 1.31. The Labute approximate surface area is 84.2 Å². The SMILES string of the molecule is ClN[C@H](c1ccccc1)C1CCC1. The number of benzene rings is 1. The average molecular weight is 196 g/mol. The van der Waals surface area contributed by atoms with Crippen LogP contribution < -0.4 is 4.84 Å². The predicted molar refractivity (Wildman–Crippen MR) is 55.5 cm³/mol. The molecule has 0 aromatic heterocycles. The van der Waals surface area contributed by atoms with Crippen LogP contribution in [0.25, 0.3) is 0 Å². The van der Waals surface area contributed by atoms with Gasteiger partial charge in [-0.05, 0) is 36.1 Å². The molecule has 1 saturated carbocycles. The summed E-state index contributed by atoms with van der Waals surface area (Å²) in [6, 6.07) is 10.8. The Hall–Kier alpha value is -0.530. The van der Waals surface area contributed by atoms with Crippen LogP contribution in [0.2, 0.25) is 0 Å². The summed E-state index contributed by atoms with van der Waals surface area (Å²) in [5, 5.41) is 0. The molecule has 0 heterocycles. The molecule has 70 valence electrons. The molecule has 13 heavy (non-hydrogen) atoms. The Morgan fingerprint density at radius 3 is 2.38 bits per heavy atom. The van der Waals surface area contributed by atoms with Gasteiger partial charge in [-0.3, -0.25) is 0 Å². The minimum atomic E-state index is 0.344. The van der Waals surface area contributed by atoms with Gasteiger partial charge in [-0.25, -0.2) is 4.84 Å². The maximum atomic E-state index is 5.76. The average Bonchev–Trinajstić information content (AvgIpc) is 2.12. The molecule has 0 amide bonds. The van der Waals surface area contributed by atoms with Crippen molar-refractivity contribution in [3.63, 3.8) is 0 Å². The molecule has 2 rings (SSSR count). The Bertz CT molecular complexity index is 256. The molecule has 1 atom stereocenters. The minimum Gasteiger partial charge on any atom is -0.226 e. The zero-order chi connectivity index (χ0) is 9.10. The van der Waals surface area contributed by atoms with E-state index < -0.39 is 0 Å². The van der Waals surface area contributed by atoms with Crippen LogP contribution in [0.4, 0.5) is 0 Å². The van der Waals surface area contributed by atoms with Gasteiger partial charge in [0.15, 0.2) is 0 Å². The molecule has 0 unspecified atom stereocenters. The molecule has 1 aromatic carbocycles. The molecule has 1 aromatic rings. The van der Waals surface area contributed by atoms with Gasteiger partial charge in [0.25, 0.3) is 0 Å². The lowest BCUT2D eigenvalue weighted by molar-refractivity contribution is 0.253. The number of rotatable bonds is 3. The van der Waals surface area contributed by atoms with Gasteiger partial charge >= 0.3 is 0 Å². The van der Waals surface area contributed by atoms with E-state index in [4.69, 9.17) is 11.8 Å². The van der Waals surface area contributed by atoms with Crippen molar-refractivity contribution in [2.75, 3.05) is 0 Å². The van der Waals surface area contributed by atoms with Crippen molar-refractivity contribution in [1.82, 2.24) is 4.84 Å². The highest BCUT2D eigenvalue weighted by molar-refractivity contribution is 6.13. The lowest BCUT2D eigenvalue weighted by atomic mass is 9.78. The monoisotopic (exact) mass is 195 g/mol. The van der Waals surface area contributed by atoms with E-state index >= 15 is 0 Å². The Morgan fingerprint density at radius 1 is 1.23 bits per heavy atom. The highest BCUT2D eigenvalue weighted by Crippen LogP contribution is 2.37. The van der Waals surface area contributed by atoms with Gasteiger partial charge in [0.2, 0.25) is 0 Å². The second kappa shape index (κ2) is 4.12. The highest BCUT2D eigenvalue weighted by atomic mass is 35.5. The van der Waals surface area contributed by atoms with Crippen LogP contribution in [0.1, 0.15) is 30.9 Å². The van der Waals surface area contributed by atoms with Crippen LogP contribution in [-0.4, -0.2) is 0 Å². The van der Waals surface area contributed by atoms with Crippen LogP contribution in [0.15, 0.2) is 30.3 Å². The summed E-state index contributed by atoms with van der Waals surface area (Å²) in [4.78, 5) is 2.89. The first-order valence-electron chi connectivity index (χ1n) is 4.83. The van der Waals surface area contributed by atoms with Crippen LogP contribution in [0.3, 0.4) is 0 Å². The Kier molecular flexibility index (Phi) is 2.87. The number of hydrogen-bond donors (Lipinski definition) is 1. The van der Waals surface area contributed by atoms with Crippen molar-refractivity contribution in [3.05, 3.63) is 35.9 Å². The van der Waals surface area contributed by atoms with Crippen molar-refractivity contribution < 1.29 is 0 Å². The summed E-state index contributed by atoms with van der Waals surface area (Å²) in [7, 11) is 0. The molecule has 1 aliphatic rings. The normalized spacial score (nSPS) is 19.5. The molecule has 1 nitrogen and oxygen atoms in total. The van der Waals surface area contributed by atoms with Gasteiger partial charge in [-0.1, -0.05) is 36.8 Å². The van der Waals surface area contributed by atoms with Gasteiger partial charge in [0, 0.05) is 6.04 Å². The molecular formula is C11H14ClN. The fourth-order valence-corrected chi connectivity index (χ4v) is 2.16. The third-order valence-corrected chi connectivity index (χ3v) is 3.13. The molecular weight excluding hydrogens is 182 g/mol. The fourth-order valence-electron chi connectivity index (χ4n) is 1.86. The number of halogens is 1. The van der Waals surface area contributed by atoms with E-state index in [2.05, 4.69) is 29.1 Å². The summed E-state index contributed by atoms with van der Waals surface area (Å²) in [5.74, 6) is 0.736. The summed E-state index contributed by atoms with van der Waals surface area (Å²) >= 11 is 5.76. The summed E-state index contributed by atoms with van der Waals surface area (Å²) in [6.07, 6.45) is 3.96. The maximum Gasteiger partial charge on any atom is 0.0498 e. The Morgan fingerprint density at radius 2 is 1.92 bits per heavy atom. The van der Waals surface area contributed by atoms with E-state index in [1.165, 1.54) is 24.8 Å². The second-order valence-electron chi connectivity index (χ2n) is 3.69. The molecule has 0 saturated heterocycles. The first kappa shape index (κ1) is 9.04. The number of nitrogens with one attached hydrogen (secondary N) is 1. The smallest absolute Gasteiger partial charge is 0.0498 e. The topological polar surface area (TPSA) is 12.0 Å². The summed E-state index contributed by atoms with van der Waals surface area (Å²) in [6.45, 7) is 0. The molecule has 0 aliphatic heterocycles. The van der Waals surface area contributed by atoms with Gasteiger partial charge in [0.05, 0.1) is 0 Å². The molecule has 2 heteroatoms. The molecule has 1 fully saturated rings. The third-order valence-electron chi connectivity index (χ3n) is 2.90. The Balaban J connectivity index is 2.12. The zero-order valence-corrected chi connectivity index (χ0v) is 8.30. The zero-order valence-electron chi connectivity index (χ0n) is 7.54. The van der Waals surface area contributed by atoms with Crippen LogP contribution in [0.5, 0.6) is 0 Å². The standard InChI is InChI=1S/C11H14ClN/c12-13-11(10-7-4-8-10)9-5-2-1-3-6-9/h1-3,5-6,10-11,13H,4,7-8H2/t11-/m1/s1. The van der Waals surface area contributed by atoms with E-state index in [-0.39, 0.29) is 0 Å². The van der Waals surface area contributed by atoms with E-state index in [0.29, 0.717) is 6.04 Å². The van der Waals surface area contributed by atoms with Crippen molar-refractivity contribution in [3.8, 4) is 0 Å². The van der Waals surface area contributed by atoms with Gasteiger partial charge < -0.3 is 0 Å². The van der Waals surface area contributed by atoms with Crippen LogP contribution in [-0.2, 0) is 0 Å². The van der Waals surface area contributed by atoms with Gasteiger partial charge in [-0.15, -0.1) is 0 Å². The molecule has 1 aliphatic carbocycles. The van der Waals surface area contributed by atoms with Crippen molar-refractivity contribution in [2.24, 2.45) is 5.92 Å². The van der Waals surface area contributed by atoms with E-state index in [0.717, 1.165) is 5.92 Å². The lowest BCUT2D eigenvalue weighted by Crippen LogP contribution is -2.27. The first-order chi connectivity index (χ1) is 6.42. The van der Waals surface area contributed by atoms with Crippen LogP contribution in [0, 0.1) is 5.92 Å². The molecule has 0 radical (unpaired) electrons. The minimum absolute atomic E-state index is 0.344. The summed E-state index contributed by atoms with van der Waals surface area (Å²) < 4.78 is 0. The second-order valence-corrected chi connectivity index (χ2v) is 3.91.